The Labute approximate surface area is 473 Å². The lowest BCUT2D eigenvalue weighted by Crippen LogP contribution is -2.30. The molecule has 76 heavy (non-hydrogen) atoms. The first-order valence-electron chi connectivity index (χ1n) is 33.6. The van der Waals surface area contributed by atoms with Gasteiger partial charge in [-0.3, -0.25) is 14.4 Å². The lowest BCUT2D eigenvalue weighted by atomic mass is 10.0. The number of hydrogen-bond donors (Lipinski definition) is 0. The molecule has 0 aliphatic heterocycles. The van der Waals surface area contributed by atoms with Crippen molar-refractivity contribution in [2.45, 2.75) is 367 Å². The van der Waals surface area contributed by atoms with E-state index in [0.29, 0.717) is 19.3 Å². The molecule has 0 saturated heterocycles. The van der Waals surface area contributed by atoms with Gasteiger partial charge in [0, 0.05) is 19.3 Å². The average Bonchev–Trinajstić information content (AvgIpc) is 3.42. The molecule has 0 N–H and O–H groups in total. The summed E-state index contributed by atoms with van der Waals surface area (Å²) in [4.78, 5) is 38.2. The highest BCUT2D eigenvalue weighted by atomic mass is 16.6. The van der Waals surface area contributed by atoms with Gasteiger partial charge in [0.05, 0.1) is 0 Å². The third-order valence-electron chi connectivity index (χ3n) is 15.1. The maximum Gasteiger partial charge on any atom is 0.306 e. The van der Waals surface area contributed by atoms with Crippen molar-refractivity contribution in [3.8, 4) is 0 Å². The molecule has 0 bridgehead atoms. The number of esters is 3. The summed E-state index contributed by atoms with van der Waals surface area (Å²) in [6.07, 6.45) is 81.4. The van der Waals surface area contributed by atoms with Crippen LogP contribution >= 0.6 is 0 Å². The van der Waals surface area contributed by atoms with Crippen LogP contribution in [0.25, 0.3) is 0 Å². The second-order valence-corrected chi connectivity index (χ2v) is 22.7. The molecule has 0 fully saturated rings. The van der Waals surface area contributed by atoms with Gasteiger partial charge in [-0.25, -0.2) is 0 Å². The summed E-state index contributed by atoms with van der Waals surface area (Å²) in [6.45, 7) is 6.64. The predicted molar refractivity (Wildman–Crippen MR) is 330 cm³/mol. The SMILES string of the molecule is CCCCCC/C=C\C/C=C\CCCCCCCC(=O)OC(COC(=O)CCCCCCCCCCCCC)COC(=O)CCCCCCCCCCCCCCCCCCCCC/C=C\C/C=C\CCCCCCC. The number of unbranched alkanes of at least 4 members (excludes halogenated alkanes) is 43. The molecule has 0 aromatic rings. The predicted octanol–water partition coefficient (Wildman–Crippen LogP) is 22.9. The van der Waals surface area contributed by atoms with E-state index in [1.807, 2.05) is 0 Å². The Hall–Kier alpha value is -2.63. The van der Waals surface area contributed by atoms with Crippen LogP contribution < -0.4 is 0 Å². The topological polar surface area (TPSA) is 78.9 Å². The van der Waals surface area contributed by atoms with Crippen molar-refractivity contribution < 1.29 is 28.6 Å². The van der Waals surface area contributed by atoms with E-state index in [2.05, 4.69) is 69.4 Å². The molecule has 0 aromatic heterocycles. The maximum absolute atomic E-state index is 12.9. The summed E-state index contributed by atoms with van der Waals surface area (Å²) in [5.74, 6) is -0.867. The van der Waals surface area contributed by atoms with Crippen molar-refractivity contribution in [2.75, 3.05) is 13.2 Å². The third-order valence-corrected chi connectivity index (χ3v) is 15.1. The summed E-state index contributed by atoms with van der Waals surface area (Å²) in [5, 5.41) is 0. The Balaban J connectivity index is 4.12. The van der Waals surface area contributed by atoms with E-state index >= 15 is 0 Å². The van der Waals surface area contributed by atoms with E-state index in [-0.39, 0.29) is 31.1 Å². The maximum atomic E-state index is 12.9. The number of carbonyl (C=O) groups is 3. The highest BCUT2D eigenvalue weighted by molar-refractivity contribution is 5.71. The fraction of sp³-hybridized carbons (Fsp3) is 0.843. The monoisotopic (exact) mass is 1060 g/mol. The van der Waals surface area contributed by atoms with Crippen molar-refractivity contribution >= 4 is 17.9 Å². The number of ether oxygens (including phenoxy) is 3. The van der Waals surface area contributed by atoms with E-state index in [1.54, 1.807) is 0 Å². The van der Waals surface area contributed by atoms with Crippen LogP contribution in [-0.4, -0.2) is 37.2 Å². The van der Waals surface area contributed by atoms with Gasteiger partial charge in [-0.15, -0.1) is 0 Å². The summed E-state index contributed by atoms with van der Waals surface area (Å²) >= 11 is 0. The second kappa shape index (κ2) is 64.9. The van der Waals surface area contributed by atoms with E-state index < -0.39 is 6.10 Å². The van der Waals surface area contributed by atoms with Gasteiger partial charge in [0.2, 0.25) is 0 Å². The van der Waals surface area contributed by atoms with Gasteiger partial charge >= 0.3 is 17.9 Å². The smallest absolute Gasteiger partial charge is 0.306 e. The van der Waals surface area contributed by atoms with Crippen LogP contribution in [0.2, 0.25) is 0 Å². The van der Waals surface area contributed by atoms with E-state index in [0.717, 1.165) is 89.9 Å². The third kappa shape index (κ3) is 62.2. The zero-order valence-corrected chi connectivity index (χ0v) is 51.0. The first-order valence-corrected chi connectivity index (χ1v) is 33.6. The van der Waals surface area contributed by atoms with Crippen molar-refractivity contribution in [3.05, 3.63) is 48.6 Å². The van der Waals surface area contributed by atoms with Crippen LogP contribution in [0.4, 0.5) is 0 Å². The Morgan fingerprint density at radius 3 is 0.737 bits per heavy atom. The van der Waals surface area contributed by atoms with Gasteiger partial charge in [0.15, 0.2) is 6.10 Å². The Kier molecular flexibility index (Phi) is 62.6. The fourth-order valence-electron chi connectivity index (χ4n) is 9.98. The average molecular weight is 1070 g/mol. The molecule has 444 valence electrons. The van der Waals surface area contributed by atoms with Crippen LogP contribution in [0.5, 0.6) is 0 Å². The van der Waals surface area contributed by atoms with Gasteiger partial charge in [-0.1, -0.05) is 307 Å². The van der Waals surface area contributed by atoms with Crippen LogP contribution in [0.1, 0.15) is 361 Å². The molecule has 1 atom stereocenters. The highest BCUT2D eigenvalue weighted by Gasteiger charge is 2.19. The molecule has 6 nitrogen and oxygen atoms in total. The van der Waals surface area contributed by atoms with Crippen molar-refractivity contribution in [3.63, 3.8) is 0 Å². The number of hydrogen-bond acceptors (Lipinski definition) is 6. The number of carbonyl (C=O) groups excluding carboxylic acids is 3. The lowest BCUT2D eigenvalue weighted by molar-refractivity contribution is -0.167. The molecular formula is C70H128O6. The lowest BCUT2D eigenvalue weighted by Gasteiger charge is -2.18. The van der Waals surface area contributed by atoms with E-state index in [1.165, 1.54) is 231 Å². The van der Waals surface area contributed by atoms with E-state index in [9.17, 15) is 14.4 Å². The normalized spacial score (nSPS) is 12.3. The van der Waals surface area contributed by atoms with Gasteiger partial charge in [-0.05, 0) is 83.5 Å². The van der Waals surface area contributed by atoms with Crippen LogP contribution in [-0.2, 0) is 28.6 Å². The first-order chi connectivity index (χ1) is 37.5. The molecule has 0 rings (SSSR count). The largest absolute Gasteiger partial charge is 0.462 e. The molecule has 0 aromatic carbocycles. The summed E-state index contributed by atoms with van der Waals surface area (Å²) in [5.41, 5.74) is 0. The standard InChI is InChI=1S/C70H128O6/c1-4-7-10-13-16-19-22-24-26-28-29-30-31-32-33-34-35-36-37-38-39-40-41-42-44-45-48-51-54-57-60-63-69(72)75-66-67(65-74-68(71)62-59-56-53-50-47-21-18-15-12-9-6-3)76-70(73)64-61-58-55-52-49-46-43-27-25-23-20-17-14-11-8-5-2/h20,22-24,27-29,43,67H,4-19,21,25-26,30-42,44-66H2,1-3H3/b23-20-,24-22-,29-28-,43-27-. The minimum atomic E-state index is -0.777. The molecule has 0 spiro atoms. The minimum Gasteiger partial charge on any atom is -0.462 e. The molecule has 6 heteroatoms. The molecule has 0 amide bonds. The zero-order chi connectivity index (χ0) is 55.0. The summed E-state index contributed by atoms with van der Waals surface area (Å²) < 4.78 is 16.9. The van der Waals surface area contributed by atoms with Gasteiger partial charge in [0.1, 0.15) is 13.2 Å². The molecule has 0 saturated carbocycles. The zero-order valence-electron chi connectivity index (χ0n) is 51.0. The minimum absolute atomic E-state index is 0.0740. The molecule has 1 unspecified atom stereocenters. The summed E-state index contributed by atoms with van der Waals surface area (Å²) in [7, 11) is 0. The molecule has 0 aliphatic carbocycles. The molecule has 0 aliphatic rings. The van der Waals surface area contributed by atoms with Crippen LogP contribution in [0, 0.1) is 0 Å². The van der Waals surface area contributed by atoms with Crippen molar-refractivity contribution in [2.24, 2.45) is 0 Å². The summed E-state index contributed by atoms with van der Waals surface area (Å²) in [6, 6.07) is 0. The number of rotatable bonds is 62. The van der Waals surface area contributed by atoms with Crippen LogP contribution in [0.3, 0.4) is 0 Å². The quantitative estimate of drug-likeness (QED) is 0.0261. The Morgan fingerprint density at radius 2 is 0.474 bits per heavy atom. The Morgan fingerprint density at radius 1 is 0.263 bits per heavy atom. The van der Waals surface area contributed by atoms with E-state index in [4.69, 9.17) is 14.2 Å². The first kappa shape index (κ1) is 73.4. The van der Waals surface area contributed by atoms with Crippen molar-refractivity contribution in [1.82, 2.24) is 0 Å². The van der Waals surface area contributed by atoms with Crippen LogP contribution in [0.15, 0.2) is 48.6 Å². The molecular weight excluding hydrogens is 937 g/mol. The second-order valence-electron chi connectivity index (χ2n) is 22.7. The fourth-order valence-corrected chi connectivity index (χ4v) is 9.98. The van der Waals surface area contributed by atoms with Crippen molar-refractivity contribution in [1.29, 1.82) is 0 Å². The van der Waals surface area contributed by atoms with Gasteiger partial charge < -0.3 is 14.2 Å². The van der Waals surface area contributed by atoms with Gasteiger partial charge in [0.25, 0.3) is 0 Å². The molecule has 0 radical (unpaired) electrons. The Bertz CT molecular complexity index is 1310. The highest BCUT2D eigenvalue weighted by Crippen LogP contribution is 2.18. The number of allylic oxidation sites excluding steroid dienone is 8. The molecule has 0 heterocycles. The van der Waals surface area contributed by atoms with Gasteiger partial charge in [-0.2, -0.15) is 0 Å².